The van der Waals surface area contributed by atoms with Crippen LogP contribution in [-0.4, -0.2) is 83.4 Å². The van der Waals surface area contributed by atoms with Gasteiger partial charge in [-0.15, -0.1) is 0 Å². The first-order valence-electron chi connectivity index (χ1n) is 9.73. The van der Waals surface area contributed by atoms with Gasteiger partial charge in [0.1, 0.15) is 0 Å². The zero-order valence-electron chi connectivity index (χ0n) is 17.9. The molecule has 172 valence electrons. The standard InChI is InChI=1S/C20H24N2O4.C2H2O4/c1-25-17-12-15(13-18(26-2)19(17)23)14-21-8-10-22(11-9-21)20(24)16-6-4-3-5-7-16;3-1(4)2(5)6/h3-7,12-13,23H,8-11,14H2,1-2H3;(H,3,4)(H,5,6). The topological polar surface area (TPSA) is 137 Å². The van der Waals surface area contributed by atoms with Crippen LogP contribution in [0.5, 0.6) is 17.2 Å². The van der Waals surface area contributed by atoms with Crippen LogP contribution in [0.3, 0.4) is 0 Å². The van der Waals surface area contributed by atoms with E-state index in [0.29, 0.717) is 31.1 Å². The van der Waals surface area contributed by atoms with Crippen LogP contribution < -0.4 is 9.47 Å². The fourth-order valence-corrected chi connectivity index (χ4v) is 3.17. The number of piperazine rings is 1. The minimum atomic E-state index is -1.82. The number of aliphatic carboxylic acids is 2. The molecule has 2 aromatic carbocycles. The molecule has 1 amide bonds. The predicted octanol–water partition coefficient (Wildman–Crippen LogP) is 1.52. The smallest absolute Gasteiger partial charge is 0.414 e. The second-order valence-electron chi connectivity index (χ2n) is 6.89. The Hall–Kier alpha value is -3.79. The van der Waals surface area contributed by atoms with E-state index in [2.05, 4.69) is 4.90 Å². The summed E-state index contributed by atoms with van der Waals surface area (Å²) in [6.07, 6.45) is 0. The Morgan fingerprint density at radius 2 is 1.38 bits per heavy atom. The third-order valence-corrected chi connectivity index (χ3v) is 4.81. The average Bonchev–Trinajstić information content (AvgIpc) is 2.81. The Kier molecular flexibility index (Phi) is 8.84. The SMILES string of the molecule is COc1cc(CN2CCN(C(=O)c3ccccc3)CC2)cc(OC)c1O.O=C(O)C(=O)O. The van der Waals surface area contributed by atoms with Gasteiger partial charge >= 0.3 is 11.9 Å². The predicted molar refractivity (Wildman–Crippen MR) is 114 cm³/mol. The second kappa shape index (κ2) is 11.6. The maximum atomic E-state index is 12.5. The number of methoxy groups -OCH3 is 2. The van der Waals surface area contributed by atoms with Gasteiger partial charge in [-0.2, -0.15) is 0 Å². The number of rotatable bonds is 5. The maximum absolute atomic E-state index is 12.5. The normalized spacial score (nSPS) is 13.5. The third-order valence-electron chi connectivity index (χ3n) is 4.81. The van der Waals surface area contributed by atoms with Crippen molar-refractivity contribution < 1.29 is 39.2 Å². The molecule has 1 fully saturated rings. The van der Waals surface area contributed by atoms with Crippen LogP contribution in [0.2, 0.25) is 0 Å². The summed E-state index contributed by atoms with van der Waals surface area (Å²) in [5.41, 5.74) is 1.73. The van der Waals surface area contributed by atoms with Crippen molar-refractivity contribution in [2.45, 2.75) is 6.54 Å². The van der Waals surface area contributed by atoms with E-state index in [9.17, 15) is 9.90 Å². The lowest BCUT2D eigenvalue weighted by molar-refractivity contribution is -0.159. The molecule has 10 heteroatoms. The van der Waals surface area contributed by atoms with Crippen molar-refractivity contribution in [3.63, 3.8) is 0 Å². The number of carboxylic acids is 2. The highest BCUT2D eigenvalue weighted by Crippen LogP contribution is 2.37. The van der Waals surface area contributed by atoms with Crippen molar-refractivity contribution in [1.29, 1.82) is 0 Å². The van der Waals surface area contributed by atoms with Crippen molar-refractivity contribution in [3.8, 4) is 17.2 Å². The fraction of sp³-hybridized carbons (Fsp3) is 0.318. The minimum Gasteiger partial charge on any atom is -0.502 e. The van der Waals surface area contributed by atoms with E-state index in [4.69, 9.17) is 29.3 Å². The fourth-order valence-electron chi connectivity index (χ4n) is 3.17. The van der Waals surface area contributed by atoms with E-state index in [1.165, 1.54) is 14.2 Å². The molecule has 0 unspecified atom stereocenters. The number of benzene rings is 2. The summed E-state index contributed by atoms with van der Waals surface area (Å²) in [4.78, 5) is 34.9. The van der Waals surface area contributed by atoms with Crippen LogP contribution in [0.25, 0.3) is 0 Å². The lowest BCUT2D eigenvalue weighted by atomic mass is 10.1. The summed E-state index contributed by atoms with van der Waals surface area (Å²) in [5.74, 6) is -2.75. The monoisotopic (exact) mass is 446 g/mol. The van der Waals surface area contributed by atoms with Crippen LogP contribution in [0.1, 0.15) is 15.9 Å². The van der Waals surface area contributed by atoms with E-state index >= 15 is 0 Å². The van der Waals surface area contributed by atoms with Gasteiger partial charge in [0, 0.05) is 38.3 Å². The number of ether oxygens (including phenoxy) is 2. The lowest BCUT2D eigenvalue weighted by Gasteiger charge is -2.35. The Balaban J connectivity index is 0.000000534. The molecule has 0 spiro atoms. The molecule has 0 aliphatic carbocycles. The number of aromatic hydroxyl groups is 1. The zero-order valence-corrected chi connectivity index (χ0v) is 17.9. The molecule has 1 saturated heterocycles. The summed E-state index contributed by atoms with van der Waals surface area (Å²) in [6, 6.07) is 13.0. The van der Waals surface area contributed by atoms with Crippen LogP contribution >= 0.6 is 0 Å². The summed E-state index contributed by atoms with van der Waals surface area (Å²) in [5, 5.41) is 24.8. The molecule has 0 atom stereocenters. The first kappa shape index (κ1) is 24.5. The van der Waals surface area contributed by atoms with Gasteiger partial charge in [-0.1, -0.05) is 18.2 Å². The van der Waals surface area contributed by atoms with E-state index in [1.54, 1.807) is 0 Å². The number of carbonyl (C=O) groups excluding carboxylic acids is 1. The molecule has 3 N–H and O–H groups in total. The molecule has 0 aromatic heterocycles. The molecule has 1 aliphatic rings. The Morgan fingerprint density at radius 3 is 1.81 bits per heavy atom. The summed E-state index contributed by atoms with van der Waals surface area (Å²) in [6.45, 7) is 3.69. The molecular formula is C22H26N2O8. The highest BCUT2D eigenvalue weighted by Gasteiger charge is 2.22. The number of hydrogen-bond donors (Lipinski definition) is 3. The Morgan fingerprint density at radius 1 is 0.875 bits per heavy atom. The lowest BCUT2D eigenvalue weighted by Crippen LogP contribution is -2.48. The Labute approximate surface area is 185 Å². The number of carboxylic acid groups (broad SMARTS) is 2. The molecule has 0 radical (unpaired) electrons. The summed E-state index contributed by atoms with van der Waals surface area (Å²) < 4.78 is 10.4. The van der Waals surface area contributed by atoms with Crippen LogP contribution in [0.4, 0.5) is 0 Å². The van der Waals surface area contributed by atoms with Crippen molar-refractivity contribution >= 4 is 17.8 Å². The van der Waals surface area contributed by atoms with Crippen molar-refractivity contribution in [3.05, 3.63) is 53.6 Å². The quantitative estimate of drug-likeness (QED) is 0.584. The van der Waals surface area contributed by atoms with E-state index in [1.807, 2.05) is 47.4 Å². The molecule has 0 bridgehead atoms. The summed E-state index contributed by atoms with van der Waals surface area (Å²) in [7, 11) is 3.04. The van der Waals surface area contributed by atoms with Gasteiger partial charge < -0.3 is 29.7 Å². The van der Waals surface area contributed by atoms with Crippen molar-refractivity contribution in [1.82, 2.24) is 9.80 Å². The van der Waals surface area contributed by atoms with Gasteiger partial charge in [0.2, 0.25) is 5.75 Å². The molecule has 3 rings (SSSR count). The molecule has 0 saturated carbocycles. The van der Waals surface area contributed by atoms with E-state index < -0.39 is 11.9 Å². The minimum absolute atomic E-state index is 0.0111. The molecule has 32 heavy (non-hydrogen) atoms. The number of phenolic OH excluding ortho intramolecular Hbond substituents is 1. The third kappa shape index (κ3) is 6.61. The first-order valence-corrected chi connectivity index (χ1v) is 9.73. The van der Waals surface area contributed by atoms with Crippen molar-refractivity contribution in [2.75, 3.05) is 40.4 Å². The molecule has 10 nitrogen and oxygen atoms in total. The molecule has 1 heterocycles. The highest BCUT2D eigenvalue weighted by molar-refractivity contribution is 6.27. The average molecular weight is 446 g/mol. The van der Waals surface area contributed by atoms with Gasteiger partial charge in [0.15, 0.2) is 11.5 Å². The Bertz CT molecular complexity index is 903. The van der Waals surface area contributed by atoms with Crippen LogP contribution in [0.15, 0.2) is 42.5 Å². The van der Waals surface area contributed by atoms with Gasteiger partial charge in [0.05, 0.1) is 14.2 Å². The number of phenols is 1. The van der Waals surface area contributed by atoms with Gasteiger partial charge in [-0.05, 0) is 29.8 Å². The van der Waals surface area contributed by atoms with Gasteiger partial charge in [-0.25, -0.2) is 9.59 Å². The van der Waals surface area contributed by atoms with Gasteiger partial charge in [0.25, 0.3) is 5.91 Å². The van der Waals surface area contributed by atoms with E-state index in [0.717, 1.165) is 24.2 Å². The highest BCUT2D eigenvalue weighted by atomic mass is 16.5. The zero-order chi connectivity index (χ0) is 23.7. The maximum Gasteiger partial charge on any atom is 0.414 e. The second-order valence-corrected chi connectivity index (χ2v) is 6.89. The molecule has 1 aliphatic heterocycles. The number of amides is 1. The van der Waals surface area contributed by atoms with Crippen LogP contribution in [0, 0.1) is 0 Å². The largest absolute Gasteiger partial charge is 0.502 e. The van der Waals surface area contributed by atoms with E-state index in [-0.39, 0.29) is 11.7 Å². The first-order chi connectivity index (χ1) is 15.3. The molecule has 2 aromatic rings. The number of hydrogen-bond acceptors (Lipinski definition) is 7. The molecular weight excluding hydrogens is 420 g/mol. The van der Waals surface area contributed by atoms with Crippen LogP contribution in [-0.2, 0) is 16.1 Å². The number of carbonyl (C=O) groups is 3. The summed E-state index contributed by atoms with van der Waals surface area (Å²) >= 11 is 0. The van der Waals surface area contributed by atoms with Gasteiger partial charge in [-0.3, -0.25) is 9.69 Å². The van der Waals surface area contributed by atoms with Crippen molar-refractivity contribution in [2.24, 2.45) is 0 Å². The number of nitrogens with zero attached hydrogens (tertiary/aromatic N) is 2.